The number of hydrogen-bond acceptors (Lipinski definition) is 5. The van der Waals surface area contributed by atoms with Crippen LogP contribution in [0.4, 0.5) is 5.69 Å². The standard InChI is InChI=1S/C11H11N4O3S/c1-2-9-13-14-11(19-9)12-10(16)7-4-3-5-8(6-7)15(17)18/h3-6,9,13H,2H2,1H3. The summed E-state index contributed by atoms with van der Waals surface area (Å²) in [4.78, 5) is 25.8. The third kappa shape index (κ3) is 3.30. The Morgan fingerprint density at radius 1 is 1.63 bits per heavy atom. The SMILES string of the molecule is CCC1N[N]C(=NC(=O)c2cccc([N+](=O)[O-])c2)S1. The number of benzene rings is 1. The van der Waals surface area contributed by atoms with E-state index in [0.29, 0.717) is 5.17 Å². The van der Waals surface area contributed by atoms with Crippen molar-refractivity contribution in [3.8, 4) is 0 Å². The number of thioether (sulfide) groups is 1. The van der Waals surface area contributed by atoms with Crippen LogP contribution in [-0.4, -0.2) is 21.4 Å². The molecule has 1 aromatic carbocycles. The summed E-state index contributed by atoms with van der Waals surface area (Å²) in [6.45, 7) is 1.99. The van der Waals surface area contributed by atoms with E-state index in [4.69, 9.17) is 0 Å². The number of hydrogen-bond donors (Lipinski definition) is 1. The average molecular weight is 279 g/mol. The Balaban J connectivity index is 2.14. The van der Waals surface area contributed by atoms with E-state index in [2.05, 4.69) is 15.8 Å². The quantitative estimate of drug-likeness (QED) is 0.670. The van der Waals surface area contributed by atoms with Crippen LogP contribution < -0.4 is 10.9 Å². The van der Waals surface area contributed by atoms with E-state index in [-0.39, 0.29) is 16.6 Å². The highest BCUT2D eigenvalue weighted by Crippen LogP contribution is 2.19. The summed E-state index contributed by atoms with van der Waals surface area (Å²) in [6, 6.07) is 5.48. The second-order valence-corrected chi connectivity index (χ2v) is 4.93. The van der Waals surface area contributed by atoms with Gasteiger partial charge in [-0.2, -0.15) is 15.8 Å². The Morgan fingerprint density at radius 3 is 3.05 bits per heavy atom. The first-order valence-corrected chi connectivity index (χ1v) is 6.48. The molecule has 1 fully saturated rings. The molecular formula is C11H11N4O3S. The van der Waals surface area contributed by atoms with Crippen molar-refractivity contribution in [3.63, 3.8) is 0 Å². The number of non-ortho nitro benzene ring substituents is 1. The maximum atomic E-state index is 11.9. The smallest absolute Gasteiger partial charge is 0.267 e. The van der Waals surface area contributed by atoms with Crippen LogP contribution in [0.2, 0.25) is 0 Å². The predicted molar refractivity (Wildman–Crippen MR) is 71.8 cm³/mol. The molecule has 0 bridgehead atoms. The number of aliphatic imine (C=N–C) groups is 1. The van der Waals surface area contributed by atoms with Gasteiger partial charge >= 0.3 is 0 Å². The van der Waals surface area contributed by atoms with Gasteiger partial charge in [-0.05, 0) is 12.5 Å². The molecule has 1 N–H and O–H groups in total. The number of rotatable bonds is 3. The molecule has 1 saturated heterocycles. The molecule has 1 aliphatic heterocycles. The normalized spacial score (nSPS) is 20.3. The number of nitro benzene ring substituents is 1. The third-order valence-corrected chi connectivity index (χ3v) is 3.54. The van der Waals surface area contributed by atoms with Gasteiger partial charge < -0.3 is 0 Å². The zero-order chi connectivity index (χ0) is 13.8. The van der Waals surface area contributed by atoms with Crippen molar-refractivity contribution in [3.05, 3.63) is 39.9 Å². The number of carbonyl (C=O) groups is 1. The maximum Gasteiger partial charge on any atom is 0.279 e. The molecule has 1 atom stereocenters. The zero-order valence-electron chi connectivity index (χ0n) is 10.1. The zero-order valence-corrected chi connectivity index (χ0v) is 10.9. The molecule has 99 valence electrons. The van der Waals surface area contributed by atoms with Gasteiger partial charge in [0.15, 0.2) is 0 Å². The highest BCUT2D eigenvalue weighted by atomic mass is 32.2. The number of carbonyl (C=O) groups excluding carboxylic acids is 1. The van der Waals surface area contributed by atoms with Gasteiger partial charge in [-0.25, -0.2) is 0 Å². The Morgan fingerprint density at radius 2 is 2.42 bits per heavy atom. The predicted octanol–water partition coefficient (Wildman–Crippen LogP) is 1.68. The van der Waals surface area contributed by atoms with Crippen molar-refractivity contribution in [2.75, 3.05) is 0 Å². The molecule has 8 heteroatoms. The Hall–Kier alpha value is -1.93. The van der Waals surface area contributed by atoms with Crippen LogP contribution in [0.3, 0.4) is 0 Å². The summed E-state index contributed by atoms with van der Waals surface area (Å²) < 4.78 is 0. The minimum Gasteiger partial charge on any atom is -0.267 e. The summed E-state index contributed by atoms with van der Waals surface area (Å²) in [5.74, 6) is -0.534. The first-order valence-electron chi connectivity index (χ1n) is 5.60. The largest absolute Gasteiger partial charge is 0.279 e. The molecule has 1 unspecified atom stereocenters. The van der Waals surface area contributed by atoms with Crippen LogP contribution in [0.25, 0.3) is 0 Å². The summed E-state index contributed by atoms with van der Waals surface area (Å²) in [6.07, 6.45) is 0.859. The van der Waals surface area contributed by atoms with E-state index in [1.54, 1.807) is 0 Å². The topological polar surface area (TPSA) is 98.7 Å². The number of nitrogens with one attached hydrogen (secondary N) is 1. The molecule has 2 rings (SSSR count). The lowest BCUT2D eigenvalue weighted by atomic mass is 10.2. The molecule has 1 heterocycles. The fourth-order valence-corrected chi connectivity index (χ4v) is 2.20. The molecule has 0 spiro atoms. The van der Waals surface area contributed by atoms with Crippen LogP contribution in [0.1, 0.15) is 23.7 Å². The lowest BCUT2D eigenvalue weighted by Gasteiger charge is -1.98. The fourth-order valence-electron chi connectivity index (χ4n) is 1.44. The summed E-state index contributed by atoms with van der Waals surface area (Å²) >= 11 is 1.36. The van der Waals surface area contributed by atoms with Crippen molar-refractivity contribution < 1.29 is 9.72 Å². The fraction of sp³-hybridized carbons (Fsp3) is 0.273. The molecule has 1 aromatic rings. The molecule has 0 saturated carbocycles. The first-order chi connectivity index (χ1) is 9.10. The Labute approximate surface area is 113 Å². The van der Waals surface area contributed by atoms with Gasteiger partial charge in [0.1, 0.15) is 0 Å². The molecule has 0 aliphatic carbocycles. The minimum atomic E-state index is -0.548. The number of amidine groups is 1. The summed E-state index contributed by atoms with van der Waals surface area (Å²) in [7, 11) is 0. The average Bonchev–Trinajstić information content (AvgIpc) is 2.86. The van der Waals surface area contributed by atoms with E-state index < -0.39 is 10.8 Å². The second kappa shape index (κ2) is 5.81. The van der Waals surface area contributed by atoms with E-state index in [1.165, 1.54) is 36.0 Å². The van der Waals surface area contributed by atoms with Gasteiger partial charge in [0.2, 0.25) is 5.17 Å². The van der Waals surface area contributed by atoms with Crippen LogP contribution in [0.15, 0.2) is 29.3 Å². The molecule has 7 nitrogen and oxygen atoms in total. The number of amides is 1. The van der Waals surface area contributed by atoms with E-state index in [9.17, 15) is 14.9 Å². The second-order valence-electron chi connectivity index (χ2n) is 3.76. The van der Waals surface area contributed by atoms with Gasteiger partial charge in [-0.1, -0.05) is 24.8 Å². The molecule has 1 aliphatic rings. The van der Waals surface area contributed by atoms with Crippen molar-refractivity contribution in [1.29, 1.82) is 0 Å². The van der Waals surface area contributed by atoms with Gasteiger partial charge in [0.05, 0.1) is 10.3 Å². The molecule has 1 amide bonds. The van der Waals surface area contributed by atoms with Crippen molar-refractivity contribution in [2.24, 2.45) is 4.99 Å². The van der Waals surface area contributed by atoms with Gasteiger partial charge in [-0.3, -0.25) is 14.9 Å². The van der Waals surface area contributed by atoms with Crippen molar-refractivity contribution in [1.82, 2.24) is 10.9 Å². The Bertz CT molecular complexity index is 546. The molecule has 0 aromatic heterocycles. The lowest BCUT2D eigenvalue weighted by molar-refractivity contribution is -0.384. The van der Waals surface area contributed by atoms with Crippen molar-refractivity contribution >= 4 is 28.5 Å². The van der Waals surface area contributed by atoms with Crippen LogP contribution in [-0.2, 0) is 0 Å². The molecule has 19 heavy (non-hydrogen) atoms. The van der Waals surface area contributed by atoms with Gasteiger partial charge in [-0.15, -0.1) is 0 Å². The monoisotopic (exact) mass is 279 g/mol. The molecular weight excluding hydrogens is 268 g/mol. The number of nitro groups is 1. The summed E-state index contributed by atoms with van der Waals surface area (Å²) in [5.41, 5.74) is 6.80. The third-order valence-electron chi connectivity index (χ3n) is 2.42. The highest BCUT2D eigenvalue weighted by molar-refractivity contribution is 8.14. The highest BCUT2D eigenvalue weighted by Gasteiger charge is 2.22. The first kappa shape index (κ1) is 13.5. The van der Waals surface area contributed by atoms with Gasteiger partial charge in [0, 0.05) is 17.7 Å². The van der Waals surface area contributed by atoms with E-state index in [1.807, 2.05) is 6.92 Å². The maximum absolute atomic E-state index is 11.9. The van der Waals surface area contributed by atoms with E-state index in [0.717, 1.165) is 6.42 Å². The minimum absolute atomic E-state index is 0.122. The van der Waals surface area contributed by atoms with Gasteiger partial charge in [0.25, 0.3) is 11.6 Å². The summed E-state index contributed by atoms with van der Waals surface area (Å²) in [5, 5.41) is 11.1. The molecule has 1 radical (unpaired) electrons. The van der Waals surface area contributed by atoms with Crippen molar-refractivity contribution in [2.45, 2.75) is 18.7 Å². The van der Waals surface area contributed by atoms with Crippen LogP contribution in [0.5, 0.6) is 0 Å². The van der Waals surface area contributed by atoms with Crippen LogP contribution >= 0.6 is 11.8 Å². The Kier molecular flexibility index (Phi) is 4.13. The number of nitrogens with zero attached hydrogens (tertiary/aromatic N) is 3. The van der Waals surface area contributed by atoms with E-state index >= 15 is 0 Å². The lowest BCUT2D eigenvalue weighted by Crippen LogP contribution is -2.24. The van der Waals surface area contributed by atoms with Crippen LogP contribution in [0, 0.1) is 10.1 Å².